The summed E-state index contributed by atoms with van der Waals surface area (Å²) < 4.78 is 55.4. The van der Waals surface area contributed by atoms with Crippen molar-refractivity contribution in [3.8, 4) is 5.75 Å². The molecule has 1 fully saturated rings. The van der Waals surface area contributed by atoms with Crippen molar-refractivity contribution in [1.82, 2.24) is 4.72 Å². The van der Waals surface area contributed by atoms with E-state index in [4.69, 9.17) is 11.6 Å². The normalized spacial score (nSPS) is 14.2. The fourth-order valence-corrected chi connectivity index (χ4v) is 3.78. The monoisotopic (exact) mass is 416 g/mol. The first-order valence-electron chi connectivity index (χ1n) is 7.93. The van der Waals surface area contributed by atoms with E-state index in [0.717, 1.165) is 12.8 Å². The SMILES string of the molecule is O=C(Nc1ccc(OC(F)F)c(Cl)c1)c1ccc(S(=O)(=O)NC2CC2)cc1. The fraction of sp³-hybridized carbons (Fsp3) is 0.235. The van der Waals surface area contributed by atoms with Gasteiger partial charge >= 0.3 is 6.61 Å². The minimum absolute atomic E-state index is 0.0141. The average Bonchev–Trinajstić information content (AvgIpc) is 3.40. The van der Waals surface area contributed by atoms with Crippen molar-refractivity contribution in [3.63, 3.8) is 0 Å². The highest BCUT2D eigenvalue weighted by Gasteiger charge is 2.28. The molecule has 2 aromatic carbocycles. The number of halogens is 3. The molecule has 0 aromatic heterocycles. The lowest BCUT2D eigenvalue weighted by Crippen LogP contribution is -2.25. The number of hydrogen-bond donors (Lipinski definition) is 2. The van der Waals surface area contributed by atoms with Crippen molar-refractivity contribution >= 4 is 33.2 Å². The zero-order valence-electron chi connectivity index (χ0n) is 13.8. The van der Waals surface area contributed by atoms with E-state index in [2.05, 4.69) is 14.8 Å². The Balaban J connectivity index is 1.68. The molecule has 1 saturated carbocycles. The Kier molecular flexibility index (Phi) is 5.64. The Labute approximate surface area is 159 Å². The van der Waals surface area contributed by atoms with E-state index in [1.54, 1.807) is 0 Å². The lowest BCUT2D eigenvalue weighted by Gasteiger charge is -2.10. The third kappa shape index (κ3) is 5.15. The molecule has 1 aliphatic carbocycles. The summed E-state index contributed by atoms with van der Waals surface area (Å²) in [5, 5.41) is 2.47. The molecule has 3 rings (SSSR count). The Bertz CT molecular complexity index is 948. The minimum Gasteiger partial charge on any atom is -0.433 e. The van der Waals surface area contributed by atoms with Crippen LogP contribution in [0.3, 0.4) is 0 Å². The molecule has 0 unspecified atom stereocenters. The summed E-state index contributed by atoms with van der Waals surface area (Å²) in [5.74, 6) is -0.713. The van der Waals surface area contributed by atoms with Gasteiger partial charge in [0.1, 0.15) is 5.75 Å². The number of anilines is 1. The lowest BCUT2D eigenvalue weighted by molar-refractivity contribution is -0.0497. The summed E-state index contributed by atoms with van der Waals surface area (Å²) in [4.78, 5) is 12.3. The van der Waals surface area contributed by atoms with Crippen LogP contribution < -0.4 is 14.8 Å². The molecule has 0 atom stereocenters. The third-order valence-corrected chi connectivity index (χ3v) is 5.56. The van der Waals surface area contributed by atoms with Gasteiger partial charge in [-0.25, -0.2) is 13.1 Å². The molecule has 144 valence electrons. The fourth-order valence-electron chi connectivity index (χ4n) is 2.25. The zero-order chi connectivity index (χ0) is 19.6. The van der Waals surface area contributed by atoms with Gasteiger partial charge in [0.25, 0.3) is 5.91 Å². The highest BCUT2D eigenvalue weighted by Crippen LogP contribution is 2.29. The van der Waals surface area contributed by atoms with Gasteiger partial charge in [0.15, 0.2) is 0 Å². The van der Waals surface area contributed by atoms with Gasteiger partial charge in [0, 0.05) is 17.3 Å². The van der Waals surface area contributed by atoms with E-state index in [-0.39, 0.29) is 33.0 Å². The molecule has 1 aliphatic rings. The predicted octanol–water partition coefficient (Wildman–Crippen LogP) is 3.63. The van der Waals surface area contributed by atoms with Gasteiger partial charge in [-0.15, -0.1) is 0 Å². The number of rotatable bonds is 7. The van der Waals surface area contributed by atoms with Crippen molar-refractivity contribution in [1.29, 1.82) is 0 Å². The van der Waals surface area contributed by atoms with Crippen LogP contribution in [-0.4, -0.2) is 27.0 Å². The number of alkyl halides is 2. The zero-order valence-corrected chi connectivity index (χ0v) is 15.4. The Morgan fingerprint density at radius 2 is 1.81 bits per heavy atom. The first kappa shape index (κ1) is 19.5. The molecule has 27 heavy (non-hydrogen) atoms. The predicted molar refractivity (Wildman–Crippen MR) is 95.8 cm³/mol. The molecular weight excluding hydrogens is 402 g/mol. The van der Waals surface area contributed by atoms with E-state index in [1.165, 1.54) is 42.5 Å². The summed E-state index contributed by atoms with van der Waals surface area (Å²) >= 11 is 5.84. The number of ether oxygens (including phenoxy) is 1. The number of amides is 1. The number of carbonyl (C=O) groups excluding carboxylic acids is 1. The van der Waals surface area contributed by atoms with E-state index >= 15 is 0 Å². The smallest absolute Gasteiger partial charge is 0.387 e. The standard InChI is InChI=1S/C17H15ClF2N2O4S/c18-14-9-12(5-8-15(14)26-17(19)20)21-16(23)10-1-6-13(7-2-10)27(24,25)22-11-3-4-11/h1-2,5-9,11,17,22H,3-4H2,(H,21,23). The van der Waals surface area contributed by atoms with Crippen LogP contribution in [0.15, 0.2) is 47.4 Å². The molecular formula is C17H15ClF2N2O4S. The molecule has 6 nitrogen and oxygen atoms in total. The van der Waals surface area contributed by atoms with Gasteiger partial charge in [0.2, 0.25) is 10.0 Å². The molecule has 0 radical (unpaired) electrons. The number of benzene rings is 2. The number of hydrogen-bond acceptors (Lipinski definition) is 4. The molecule has 0 saturated heterocycles. The van der Waals surface area contributed by atoms with Crippen LogP contribution in [-0.2, 0) is 10.0 Å². The van der Waals surface area contributed by atoms with Crippen LogP contribution in [0.2, 0.25) is 5.02 Å². The molecule has 0 heterocycles. The largest absolute Gasteiger partial charge is 0.433 e. The minimum atomic E-state index is -3.59. The van der Waals surface area contributed by atoms with Gasteiger partial charge < -0.3 is 10.1 Å². The van der Waals surface area contributed by atoms with Crippen molar-refractivity contribution in [2.45, 2.75) is 30.4 Å². The molecule has 0 aliphatic heterocycles. The van der Waals surface area contributed by atoms with Crippen LogP contribution in [0, 0.1) is 0 Å². The maximum atomic E-state index is 12.3. The second kappa shape index (κ2) is 7.79. The van der Waals surface area contributed by atoms with E-state index in [1.807, 2.05) is 0 Å². The Hall–Kier alpha value is -2.23. The summed E-state index contributed by atoms with van der Waals surface area (Å²) in [6, 6.07) is 9.27. The Morgan fingerprint density at radius 1 is 1.15 bits per heavy atom. The second-order valence-electron chi connectivity index (χ2n) is 5.90. The summed E-state index contributed by atoms with van der Waals surface area (Å²) in [6.07, 6.45) is 1.65. The molecule has 2 N–H and O–H groups in total. The molecule has 0 bridgehead atoms. The van der Waals surface area contributed by atoms with Crippen molar-refractivity contribution < 1.29 is 26.7 Å². The van der Waals surface area contributed by atoms with Gasteiger partial charge in [-0.1, -0.05) is 11.6 Å². The quantitative estimate of drug-likeness (QED) is 0.721. The highest BCUT2D eigenvalue weighted by molar-refractivity contribution is 7.89. The first-order valence-corrected chi connectivity index (χ1v) is 9.79. The molecule has 10 heteroatoms. The second-order valence-corrected chi connectivity index (χ2v) is 8.02. The van der Waals surface area contributed by atoms with E-state index in [0.29, 0.717) is 0 Å². The van der Waals surface area contributed by atoms with E-state index < -0.39 is 22.5 Å². The van der Waals surface area contributed by atoms with Gasteiger partial charge in [-0.3, -0.25) is 4.79 Å². The van der Waals surface area contributed by atoms with Crippen LogP contribution in [0.1, 0.15) is 23.2 Å². The average molecular weight is 417 g/mol. The van der Waals surface area contributed by atoms with Crippen LogP contribution >= 0.6 is 11.6 Å². The van der Waals surface area contributed by atoms with Gasteiger partial charge in [-0.05, 0) is 55.3 Å². The van der Waals surface area contributed by atoms with Crippen LogP contribution in [0.25, 0.3) is 0 Å². The maximum absolute atomic E-state index is 12.3. The molecule has 0 spiro atoms. The van der Waals surface area contributed by atoms with Crippen molar-refractivity contribution in [2.24, 2.45) is 0 Å². The summed E-state index contributed by atoms with van der Waals surface area (Å²) in [6.45, 7) is -3.01. The number of sulfonamides is 1. The van der Waals surface area contributed by atoms with E-state index in [9.17, 15) is 22.0 Å². The molecule has 2 aromatic rings. The lowest BCUT2D eigenvalue weighted by atomic mass is 10.2. The topological polar surface area (TPSA) is 84.5 Å². The number of carbonyl (C=O) groups is 1. The van der Waals surface area contributed by atoms with Crippen LogP contribution in [0.5, 0.6) is 5.75 Å². The highest BCUT2D eigenvalue weighted by atomic mass is 35.5. The van der Waals surface area contributed by atoms with Crippen molar-refractivity contribution in [2.75, 3.05) is 5.32 Å². The van der Waals surface area contributed by atoms with Gasteiger partial charge in [0.05, 0.1) is 9.92 Å². The summed E-state index contributed by atoms with van der Waals surface area (Å²) in [7, 11) is -3.59. The van der Waals surface area contributed by atoms with Crippen LogP contribution in [0.4, 0.5) is 14.5 Å². The number of nitrogens with one attached hydrogen (secondary N) is 2. The van der Waals surface area contributed by atoms with Gasteiger partial charge in [-0.2, -0.15) is 8.78 Å². The Morgan fingerprint density at radius 3 is 2.37 bits per heavy atom. The summed E-state index contributed by atoms with van der Waals surface area (Å²) in [5.41, 5.74) is 0.503. The molecule has 1 amide bonds. The van der Waals surface area contributed by atoms with Crippen molar-refractivity contribution in [3.05, 3.63) is 53.1 Å². The maximum Gasteiger partial charge on any atom is 0.387 e. The first-order chi connectivity index (χ1) is 12.7. The third-order valence-electron chi connectivity index (χ3n) is 3.73.